The lowest BCUT2D eigenvalue weighted by Gasteiger charge is -2.13. The average molecular weight is 216 g/mol. The van der Waals surface area contributed by atoms with E-state index >= 15 is 0 Å². The Labute approximate surface area is 96.1 Å². The van der Waals surface area contributed by atoms with Gasteiger partial charge in [-0.2, -0.15) is 5.26 Å². The molecule has 1 rings (SSSR count). The zero-order valence-corrected chi connectivity index (χ0v) is 9.87. The van der Waals surface area contributed by atoms with E-state index in [1.165, 1.54) is 0 Å². The van der Waals surface area contributed by atoms with Gasteiger partial charge in [-0.05, 0) is 31.9 Å². The lowest BCUT2D eigenvalue weighted by Crippen LogP contribution is -2.33. The first-order chi connectivity index (χ1) is 7.56. The smallest absolute Gasteiger partial charge is 0.252 e. The maximum Gasteiger partial charge on any atom is 0.252 e. The summed E-state index contributed by atoms with van der Waals surface area (Å²) in [7, 11) is 0. The number of amides is 1. The van der Waals surface area contributed by atoms with Crippen LogP contribution in [-0.4, -0.2) is 11.9 Å². The van der Waals surface area contributed by atoms with Crippen molar-refractivity contribution in [2.75, 3.05) is 0 Å². The van der Waals surface area contributed by atoms with E-state index in [0.29, 0.717) is 12.0 Å². The molecule has 0 bridgehead atoms. The van der Waals surface area contributed by atoms with Crippen LogP contribution in [0.5, 0.6) is 0 Å². The van der Waals surface area contributed by atoms with Crippen LogP contribution >= 0.6 is 0 Å². The van der Waals surface area contributed by atoms with Crippen molar-refractivity contribution < 1.29 is 4.79 Å². The van der Waals surface area contributed by atoms with E-state index in [0.717, 1.165) is 11.1 Å². The van der Waals surface area contributed by atoms with Crippen LogP contribution in [0.3, 0.4) is 0 Å². The van der Waals surface area contributed by atoms with Gasteiger partial charge >= 0.3 is 0 Å². The van der Waals surface area contributed by atoms with Crippen LogP contribution in [0.15, 0.2) is 18.2 Å². The van der Waals surface area contributed by atoms with Crippen molar-refractivity contribution in [3.05, 3.63) is 34.9 Å². The zero-order valence-electron chi connectivity index (χ0n) is 9.87. The first-order valence-electron chi connectivity index (χ1n) is 5.30. The predicted octanol–water partition coefficient (Wildman–Crippen LogP) is 2.34. The molecule has 3 heteroatoms. The Morgan fingerprint density at radius 1 is 1.44 bits per heavy atom. The summed E-state index contributed by atoms with van der Waals surface area (Å²) in [4.78, 5) is 12.0. The molecule has 1 aromatic carbocycles. The average Bonchev–Trinajstić information content (AvgIpc) is 2.17. The topological polar surface area (TPSA) is 52.9 Å². The summed E-state index contributed by atoms with van der Waals surface area (Å²) in [5, 5.41) is 11.3. The Hall–Kier alpha value is -1.82. The Morgan fingerprint density at radius 3 is 2.50 bits per heavy atom. The van der Waals surface area contributed by atoms with E-state index in [4.69, 9.17) is 5.26 Å². The lowest BCUT2D eigenvalue weighted by molar-refractivity contribution is 0.0939. The molecular formula is C13H16N2O. The fourth-order valence-corrected chi connectivity index (χ4v) is 1.66. The molecule has 1 N–H and O–H groups in total. The van der Waals surface area contributed by atoms with Crippen LogP contribution < -0.4 is 5.32 Å². The Morgan fingerprint density at radius 2 is 2.00 bits per heavy atom. The number of hydrogen-bond acceptors (Lipinski definition) is 2. The second kappa shape index (κ2) is 5.32. The molecule has 0 aromatic heterocycles. The Kier molecular flexibility index (Phi) is 4.07. The minimum Gasteiger partial charge on any atom is -0.349 e. The SMILES string of the molecule is Cc1cccc(C)c1C(=O)NC(C)CC#N. The summed E-state index contributed by atoms with van der Waals surface area (Å²) in [6, 6.07) is 7.68. The van der Waals surface area contributed by atoms with Gasteiger partial charge in [0.1, 0.15) is 0 Å². The third kappa shape index (κ3) is 2.83. The number of nitriles is 1. The van der Waals surface area contributed by atoms with Crippen molar-refractivity contribution in [1.29, 1.82) is 5.26 Å². The fraction of sp³-hybridized carbons (Fsp3) is 0.385. The predicted molar refractivity (Wildman–Crippen MR) is 63.1 cm³/mol. The highest BCUT2D eigenvalue weighted by molar-refractivity contribution is 5.97. The summed E-state index contributed by atoms with van der Waals surface area (Å²) in [5.74, 6) is -0.0987. The molecule has 0 saturated carbocycles. The highest BCUT2D eigenvalue weighted by Gasteiger charge is 2.13. The molecule has 0 aliphatic rings. The number of nitrogens with zero attached hydrogens (tertiary/aromatic N) is 1. The van der Waals surface area contributed by atoms with E-state index in [1.807, 2.05) is 45.0 Å². The van der Waals surface area contributed by atoms with E-state index in [-0.39, 0.29) is 11.9 Å². The first kappa shape index (κ1) is 12.3. The minimum absolute atomic E-state index is 0.0987. The summed E-state index contributed by atoms with van der Waals surface area (Å²) in [6.07, 6.45) is 0.330. The lowest BCUT2D eigenvalue weighted by atomic mass is 10.0. The van der Waals surface area contributed by atoms with E-state index < -0.39 is 0 Å². The molecule has 0 saturated heterocycles. The molecule has 84 valence electrons. The third-order valence-corrected chi connectivity index (χ3v) is 2.48. The quantitative estimate of drug-likeness (QED) is 0.843. The molecular weight excluding hydrogens is 200 g/mol. The van der Waals surface area contributed by atoms with Gasteiger partial charge in [-0.3, -0.25) is 4.79 Å². The molecule has 1 amide bonds. The van der Waals surface area contributed by atoms with Crippen molar-refractivity contribution >= 4 is 5.91 Å². The number of nitrogens with one attached hydrogen (secondary N) is 1. The van der Waals surface area contributed by atoms with Gasteiger partial charge < -0.3 is 5.32 Å². The normalized spacial score (nSPS) is 11.6. The number of hydrogen-bond donors (Lipinski definition) is 1. The standard InChI is InChI=1S/C13H16N2O/c1-9-5-4-6-10(2)12(9)13(16)15-11(3)7-8-14/h4-6,11H,7H2,1-3H3,(H,15,16). The number of carbonyl (C=O) groups is 1. The van der Waals surface area contributed by atoms with E-state index in [2.05, 4.69) is 5.32 Å². The summed E-state index contributed by atoms with van der Waals surface area (Å²) < 4.78 is 0. The highest BCUT2D eigenvalue weighted by Crippen LogP contribution is 2.13. The summed E-state index contributed by atoms with van der Waals surface area (Å²) in [5.41, 5.74) is 2.63. The maximum absolute atomic E-state index is 12.0. The van der Waals surface area contributed by atoms with Gasteiger partial charge in [0.05, 0.1) is 12.5 Å². The molecule has 1 atom stereocenters. The third-order valence-electron chi connectivity index (χ3n) is 2.48. The largest absolute Gasteiger partial charge is 0.349 e. The molecule has 0 spiro atoms. The van der Waals surface area contributed by atoms with Gasteiger partial charge in [0, 0.05) is 11.6 Å². The van der Waals surface area contributed by atoms with Gasteiger partial charge in [0.25, 0.3) is 5.91 Å². The van der Waals surface area contributed by atoms with Gasteiger partial charge in [0.15, 0.2) is 0 Å². The molecule has 0 heterocycles. The Balaban J connectivity index is 2.85. The van der Waals surface area contributed by atoms with Crippen LogP contribution in [0.25, 0.3) is 0 Å². The molecule has 1 aromatic rings. The van der Waals surface area contributed by atoms with Gasteiger partial charge in [0.2, 0.25) is 0 Å². The van der Waals surface area contributed by atoms with E-state index in [1.54, 1.807) is 0 Å². The van der Waals surface area contributed by atoms with Gasteiger partial charge in [-0.1, -0.05) is 18.2 Å². The fourth-order valence-electron chi connectivity index (χ4n) is 1.66. The van der Waals surface area contributed by atoms with Crippen molar-refractivity contribution in [3.63, 3.8) is 0 Å². The number of benzene rings is 1. The monoisotopic (exact) mass is 216 g/mol. The van der Waals surface area contributed by atoms with Crippen molar-refractivity contribution in [2.24, 2.45) is 0 Å². The van der Waals surface area contributed by atoms with Crippen LogP contribution in [0, 0.1) is 25.2 Å². The Bertz CT molecular complexity index is 412. The molecule has 0 radical (unpaired) electrons. The van der Waals surface area contributed by atoms with Crippen LogP contribution in [0.2, 0.25) is 0 Å². The van der Waals surface area contributed by atoms with Crippen LogP contribution in [0.4, 0.5) is 0 Å². The molecule has 0 aliphatic heterocycles. The zero-order chi connectivity index (χ0) is 12.1. The van der Waals surface area contributed by atoms with Gasteiger partial charge in [-0.15, -0.1) is 0 Å². The van der Waals surface area contributed by atoms with Crippen LogP contribution in [-0.2, 0) is 0 Å². The summed E-state index contributed by atoms with van der Waals surface area (Å²) >= 11 is 0. The second-order valence-electron chi connectivity index (χ2n) is 4.00. The molecule has 1 unspecified atom stereocenters. The second-order valence-corrected chi connectivity index (χ2v) is 4.00. The molecule has 0 fully saturated rings. The van der Waals surface area contributed by atoms with E-state index in [9.17, 15) is 4.79 Å². The number of rotatable bonds is 3. The van der Waals surface area contributed by atoms with Gasteiger partial charge in [-0.25, -0.2) is 0 Å². The summed E-state index contributed by atoms with van der Waals surface area (Å²) in [6.45, 7) is 5.66. The minimum atomic E-state index is -0.114. The molecule has 3 nitrogen and oxygen atoms in total. The first-order valence-corrected chi connectivity index (χ1v) is 5.30. The van der Waals surface area contributed by atoms with Crippen LogP contribution in [0.1, 0.15) is 34.8 Å². The van der Waals surface area contributed by atoms with Crippen molar-refractivity contribution in [3.8, 4) is 6.07 Å². The number of aryl methyl sites for hydroxylation is 2. The van der Waals surface area contributed by atoms with Crippen molar-refractivity contribution in [1.82, 2.24) is 5.32 Å². The van der Waals surface area contributed by atoms with Crippen molar-refractivity contribution in [2.45, 2.75) is 33.2 Å². The number of carbonyl (C=O) groups excluding carboxylic acids is 1. The highest BCUT2D eigenvalue weighted by atomic mass is 16.1. The molecule has 16 heavy (non-hydrogen) atoms. The molecule has 0 aliphatic carbocycles. The maximum atomic E-state index is 12.0.